The van der Waals surface area contributed by atoms with Crippen LogP contribution in [0.5, 0.6) is 0 Å². The van der Waals surface area contributed by atoms with Crippen LogP contribution < -0.4 is 10.6 Å². The molecule has 0 aromatic heterocycles. The summed E-state index contributed by atoms with van der Waals surface area (Å²) in [6.45, 7) is 6.87. The fraction of sp³-hybridized carbons (Fsp3) is 0.750. The summed E-state index contributed by atoms with van der Waals surface area (Å²) >= 11 is 0. The molecule has 0 bridgehead atoms. The molecule has 0 spiro atoms. The minimum atomic E-state index is -1.18. The highest BCUT2D eigenvalue weighted by atomic mass is 16.4. The zero-order valence-electron chi connectivity index (χ0n) is 11.5. The minimum Gasteiger partial charge on any atom is -0.480 e. The predicted octanol–water partition coefficient (Wildman–Crippen LogP) is -1.47. The van der Waals surface area contributed by atoms with Crippen molar-refractivity contribution in [3.8, 4) is 0 Å². The lowest BCUT2D eigenvalue weighted by atomic mass is 9.96. The molecular weight excluding hydrogens is 264 g/mol. The molecule has 2 fully saturated rings. The second kappa shape index (κ2) is 6.19. The fourth-order valence-electron chi connectivity index (χ4n) is 2.62. The smallest absolute Gasteiger partial charge is 0.327 e. The molecule has 8 nitrogen and oxygen atoms in total. The molecule has 3 N–H and O–H groups in total. The molecule has 20 heavy (non-hydrogen) atoms. The number of nitrogens with one attached hydrogen (secondary N) is 2. The van der Waals surface area contributed by atoms with Crippen molar-refractivity contribution in [2.75, 3.05) is 39.3 Å². The van der Waals surface area contributed by atoms with Gasteiger partial charge in [-0.15, -0.1) is 0 Å². The molecule has 0 radical (unpaired) electrons. The molecule has 2 rings (SSSR count). The zero-order valence-corrected chi connectivity index (χ0v) is 11.5. The Morgan fingerprint density at radius 1 is 1.25 bits per heavy atom. The van der Waals surface area contributed by atoms with Crippen LogP contribution in [0.4, 0.5) is 4.79 Å². The number of carbonyl (C=O) groups excluding carboxylic acids is 2. The number of likely N-dealkylation sites (N-methyl/N-ethyl adjacent to an activating group) is 1. The van der Waals surface area contributed by atoms with Crippen molar-refractivity contribution in [2.24, 2.45) is 5.92 Å². The Labute approximate surface area is 117 Å². The molecule has 0 aliphatic carbocycles. The van der Waals surface area contributed by atoms with E-state index < -0.39 is 29.9 Å². The van der Waals surface area contributed by atoms with Crippen molar-refractivity contribution in [1.82, 2.24) is 20.4 Å². The number of carboxylic acid groups (broad SMARTS) is 1. The topological polar surface area (TPSA) is 102 Å². The number of carbonyl (C=O) groups is 3. The Morgan fingerprint density at radius 3 is 2.40 bits per heavy atom. The number of piperazine rings is 1. The number of aliphatic carboxylic acids is 1. The quantitative estimate of drug-likeness (QED) is 0.583. The third-order valence-corrected chi connectivity index (χ3v) is 3.90. The van der Waals surface area contributed by atoms with Crippen LogP contribution in [-0.4, -0.2) is 78.1 Å². The van der Waals surface area contributed by atoms with Gasteiger partial charge in [0, 0.05) is 32.7 Å². The van der Waals surface area contributed by atoms with Gasteiger partial charge in [-0.25, -0.2) is 9.59 Å². The van der Waals surface area contributed by atoms with Crippen LogP contribution in [0, 0.1) is 5.92 Å². The predicted molar refractivity (Wildman–Crippen MR) is 70.1 cm³/mol. The van der Waals surface area contributed by atoms with E-state index in [1.807, 2.05) is 0 Å². The summed E-state index contributed by atoms with van der Waals surface area (Å²) in [5.74, 6) is -2.44. The van der Waals surface area contributed by atoms with Crippen LogP contribution in [0.25, 0.3) is 0 Å². The summed E-state index contributed by atoms with van der Waals surface area (Å²) in [5, 5.41) is 13.6. The van der Waals surface area contributed by atoms with E-state index >= 15 is 0 Å². The Kier molecular flexibility index (Phi) is 4.56. The number of carboxylic acids is 1. The number of amides is 3. The summed E-state index contributed by atoms with van der Waals surface area (Å²) in [5.41, 5.74) is 0. The van der Waals surface area contributed by atoms with Gasteiger partial charge >= 0.3 is 12.0 Å². The van der Waals surface area contributed by atoms with Crippen LogP contribution in [0.2, 0.25) is 0 Å². The third-order valence-electron chi connectivity index (χ3n) is 3.90. The lowest BCUT2D eigenvalue weighted by molar-refractivity contribution is -0.145. The molecule has 2 aliphatic heterocycles. The summed E-state index contributed by atoms with van der Waals surface area (Å²) in [7, 11) is 0. The molecule has 2 aliphatic rings. The standard InChI is InChI=1S/C12H20N4O4/c1-2-15-3-5-16(6-4-15)7-8-9(11(18)19)13-12(20)14-10(8)17/h8-9H,2-7H2,1H3,(H,18,19)(H2,13,14,17,20). The highest BCUT2D eigenvalue weighted by Gasteiger charge is 2.41. The second-order valence-corrected chi connectivity index (χ2v) is 5.12. The van der Waals surface area contributed by atoms with E-state index in [-0.39, 0.29) is 0 Å². The van der Waals surface area contributed by atoms with E-state index in [0.717, 1.165) is 32.7 Å². The van der Waals surface area contributed by atoms with Gasteiger partial charge in [0.1, 0.15) is 6.04 Å². The maximum atomic E-state index is 11.8. The normalized spacial score (nSPS) is 28.9. The molecular formula is C12H20N4O4. The molecule has 8 heteroatoms. The first-order chi connectivity index (χ1) is 9.51. The van der Waals surface area contributed by atoms with Crippen LogP contribution in [-0.2, 0) is 9.59 Å². The van der Waals surface area contributed by atoms with Crippen molar-refractivity contribution in [2.45, 2.75) is 13.0 Å². The van der Waals surface area contributed by atoms with Gasteiger partial charge in [0.05, 0.1) is 5.92 Å². The van der Waals surface area contributed by atoms with Gasteiger partial charge in [0.15, 0.2) is 0 Å². The van der Waals surface area contributed by atoms with E-state index in [9.17, 15) is 14.4 Å². The largest absolute Gasteiger partial charge is 0.480 e. The monoisotopic (exact) mass is 284 g/mol. The highest BCUT2D eigenvalue weighted by molar-refractivity contribution is 6.02. The van der Waals surface area contributed by atoms with Gasteiger partial charge in [-0.3, -0.25) is 15.0 Å². The summed E-state index contributed by atoms with van der Waals surface area (Å²) < 4.78 is 0. The number of hydrogen-bond acceptors (Lipinski definition) is 5. The van der Waals surface area contributed by atoms with E-state index in [0.29, 0.717) is 6.54 Å². The molecule has 2 unspecified atom stereocenters. The van der Waals surface area contributed by atoms with E-state index in [2.05, 4.69) is 27.4 Å². The van der Waals surface area contributed by atoms with Gasteiger partial charge in [-0.05, 0) is 6.54 Å². The Morgan fingerprint density at radius 2 is 1.85 bits per heavy atom. The van der Waals surface area contributed by atoms with Crippen LogP contribution in [0.15, 0.2) is 0 Å². The van der Waals surface area contributed by atoms with Crippen molar-refractivity contribution < 1.29 is 19.5 Å². The van der Waals surface area contributed by atoms with Crippen LogP contribution in [0.1, 0.15) is 6.92 Å². The third kappa shape index (κ3) is 3.26. The summed E-state index contributed by atoms with van der Waals surface area (Å²) in [6.07, 6.45) is 0. The number of imide groups is 1. The molecule has 2 heterocycles. The lowest BCUT2D eigenvalue weighted by Crippen LogP contribution is -2.63. The molecule has 0 aromatic rings. The molecule has 0 aromatic carbocycles. The van der Waals surface area contributed by atoms with Gasteiger partial charge in [0.2, 0.25) is 5.91 Å². The Hall–Kier alpha value is -1.67. The van der Waals surface area contributed by atoms with E-state index in [1.54, 1.807) is 0 Å². The van der Waals surface area contributed by atoms with Gasteiger partial charge < -0.3 is 15.3 Å². The minimum absolute atomic E-state index is 0.348. The number of urea groups is 1. The second-order valence-electron chi connectivity index (χ2n) is 5.12. The van der Waals surface area contributed by atoms with E-state index in [1.165, 1.54) is 0 Å². The van der Waals surface area contributed by atoms with Crippen molar-refractivity contribution in [3.05, 3.63) is 0 Å². The average molecular weight is 284 g/mol. The first kappa shape index (κ1) is 14.7. The number of hydrogen-bond donors (Lipinski definition) is 3. The van der Waals surface area contributed by atoms with Crippen LogP contribution >= 0.6 is 0 Å². The van der Waals surface area contributed by atoms with Crippen molar-refractivity contribution >= 4 is 17.9 Å². The van der Waals surface area contributed by atoms with Crippen LogP contribution in [0.3, 0.4) is 0 Å². The number of rotatable bonds is 4. The van der Waals surface area contributed by atoms with Gasteiger partial charge in [0.25, 0.3) is 0 Å². The molecule has 3 amide bonds. The van der Waals surface area contributed by atoms with Gasteiger partial charge in [-0.1, -0.05) is 6.92 Å². The summed E-state index contributed by atoms with van der Waals surface area (Å²) in [4.78, 5) is 38.6. The number of nitrogens with zero attached hydrogens (tertiary/aromatic N) is 2. The van der Waals surface area contributed by atoms with Gasteiger partial charge in [-0.2, -0.15) is 0 Å². The zero-order chi connectivity index (χ0) is 14.7. The average Bonchev–Trinajstić information content (AvgIpc) is 2.42. The first-order valence-electron chi connectivity index (χ1n) is 6.80. The lowest BCUT2D eigenvalue weighted by Gasteiger charge is -2.37. The Bertz CT molecular complexity index is 406. The maximum absolute atomic E-state index is 11.8. The molecule has 2 saturated heterocycles. The fourth-order valence-corrected chi connectivity index (χ4v) is 2.62. The Balaban J connectivity index is 1.97. The maximum Gasteiger partial charge on any atom is 0.327 e. The van der Waals surface area contributed by atoms with Crippen molar-refractivity contribution in [3.63, 3.8) is 0 Å². The molecule has 0 saturated carbocycles. The van der Waals surface area contributed by atoms with Crippen molar-refractivity contribution in [1.29, 1.82) is 0 Å². The highest BCUT2D eigenvalue weighted by Crippen LogP contribution is 2.13. The SMILES string of the molecule is CCN1CCN(CC2C(=O)NC(=O)NC2C(=O)O)CC1. The molecule has 2 atom stereocenters. The van der Waals surface area contributed by atoms with E-state index in [4.69, 9.17) is 5.11 Å². The summed E-state index contributed by atoms with van der Waals surface area (Å²) in [6, 6.07) is -1.89. The first-order valence-corrected chi connectivity index (χ1v) is 6.80. The molecule has 112 valence electrons.